The predicted octanol–water partition coefficient (Wildman–Crippen LogP) is 23.5. The van der Waals surface area contributed by atoms with Crippen LogP contribution in [0.25, 0.3) is 199 Å². The minimum absolute atomic E-state index is 0.558. The van der Waals surface area contributed by atoms with Crippen molar-refractivity contribution < 1.29 is 4.42 Å². The Balaban J connectivity index is 0.757. The first-order valence-electron chi connectivity index (χ1n) is 33.5. The monoisotopic (exact) mass is 1290 g/mol. The lowest BCUT2D eigenvalue weighted by Crippen LogP contribution is -2.01. The fourth-order valence-electron chi connectivity index (χ4n) is 14.7. The molecule has 20 rings (SSSR count). The van der Waals surface area contributed by atoms with Crippen molar-refractivity contribution in [2.75, 3.05) is 0 Å². The van der Waals surface area contributed by atoms with Crippen molar-refractivity contribution in [3.63, 3.8) is 0 Å². The Hall–Kier alpha value is -13.3. The molecule has 0 aliphatic rings. The summed E-state index contributed by atoms with van der Waals surface area (Å²) in [5.74, 6) is 3.50. The Morgan fingerprint density at radius 3 is 1.43 bits per heavy atom. The molecular weight excluding hydrogens is 1240 g/mol. The first-order valence-corrected chi connectivity index (χ1v) is 34.3. The molecule has 0 amide bonds. The summed E-state index contributed by atoms with van der Waals surface area (Å²) in [6.45, 7) is 0. The second-order valence-corrected chi connectivity index (χ2v) is 26.4. The van der Waals surface area contributed by atoms with Gasteiger partial charge in [0.25, 0.3) is 0 Å². The summed E-state index contributed by atoms with van der Waals surface area (Å²) in [5.41, 5.74) is 19.9. The molecule has 0 atom stereocenters. The van der Waals surface area contributed by atoms with E-state index in [0.717, 1.165) is 144 Å². The van der Waals surface area contributed by atoms with Crippen molar-refractivity contribution in [3.05, 3.63) is 328 Å². The molecule has 10 heteroatoms. The van der Waals surface area contributed by atoms with Gasteiger partial charge < -0.3 is 13.6 Å². The molecule has 0 aliphatic heterocycles. The average molecular weight is 1300 g/mol. The molecule has 0 fully saturated rings. The van der Waals surface area contributed by atoms with E-state index in [1.54, 1.807) is 0 Å². The van der Waals surface area contributed by atoms with Crippen LogP contribution in [0.5, 0.6) is 0 Å². The predicted molar refractivity (Wildman–Crippen MR) is 411 cm³/mol. The number of benzene rings is 14. The van der Waals surface area contributed by atoms with Gasteiger partial charge in [-0.25, -0.2) is 29.9 Å². The highest BCUT2D eigenvalue weighted by Crippen LogP contribution is 2.47. The van der Waals surface area contributed by atoms with Gasteiger partial charge in [0.1, 0.15) is 11.2 Å². The van der Waals surface area contributed by atoms with Gasteiger partial charge in [0.05, 0.1) is 26.8 Å². The smallest absolute Gasteiger partial charge is 0.164 e. The minimum atomic E-state index is 0.558. The highest BCUT2D eigenvalue weighted by Gasteiger charge is 2.24. The topological polar surface area (TPSA) is 100 Å². The molecule has 20 aromatic rings. The zero-order valence-corrected chi connectivity index (χ0v) is 54.4. The number of aromatic nitrogens is 8. The first-order chi connectivity index (χ1) is 49.5. The van der Waals surface area contributed by atoms with Crippen LogP contribution >= 0.6 is 11.3 Å². The van der Waals surface area contributed by atoms with Crippen molar-refractivity contribution in [1.82, 2.24) is 39.0 Å². The second kappa shape index (κ2) is 23.2. The lowest BCUT2D eigenvalue weighted by Gasteiger charge is -2.14. The molecule has 0 aliphatic carbocycles. The van der Waals surface area contributed by atoms with E-state index >= 15 is 0 Å². The third-order valence-corrected chi connectivity index (χ3v) is 20.6. The molecule has 6 heterocycles. The van der Waals surface area contributed by atoms with Crippen molar-refractivity contribution in [1.29, 1.82) is 0 Å². The fourth-order valence-corrected chi connectivity index (χ4v) is 16.0. The van der Waals surface area contributed by atoms with E-state index in [9.17, 15) is 0 Å². The van der Waals surface area contributed by atoms with E-state index < -0.39 is 0 Å². The normalized spacial score (nSPS) is 11.8. The third kappa shape index (κ3) is 9.60. The number of hydrogen-bond acceptors (Lipinski definition) is 8. The SMILES string of the molecule is c1ccc(-c2cccc(-c3nc(-c4ccccc4)nc(-c4ccc(-n5c6cccc(-c7cc(-c8ccccc8)cc(-c8nc(-c9ccccc9)nc(-c9cccc(-n%10c%11ccccc%11c%11cc%12oc%13ccccc%13c%12cc%11%10)c9)n8)c7)c6c6ccc7c8ccccc8sc7c65)cc4)n3)c2)cc1. The molecule has 466 valence electrons. The summed E-state index contributed by atoms with van der Waals surface area (Å²) < 4.78 is 13.7. The number of hydrogen-bond donors (Lipinski definition) is 0. The number of furan rings is 1. The van der Waals surface area contributed by atoms with Crippen molar-refractivity contribution in [3.8, 4) is 113 Å². The minimum Gasteiger partial charge on any atom is -0.456 e. The van der Waals surface area contributed by atoms with Crippen LogP contribution in [0.1, 0.15) is 0 Å². The lowest BCUT2D eigenvalue weighted by atomic mass is 9.93. The zero-order valence-electron chi connectivity index (χ0n) is 53.6. The Kier molecular flexibility index (Phi) is 13.2. The number of nitrogens with zero attached hydrogens (tertiary/aromatic N) is 8. The van der Waals surface area contributed by atoms with Crippen LogP contribution in [0, 0.1) is 0 Å². The summed E-state index contributed by atoms with van der Waals surface area (Å²) in [6, 6.07) is 115. The van der Waals surface area contributed by atoms with Crippen LogP contribution in [-0.4, -0.2) is 39.0 Å². The van der Waals surface area contributed by atoms with E-state index in [-0.39, 0.29) is 0 Å². The second-order valence-electron chi connectivity index (χ2n) is 25.3. The van der Waals surface area contributed by atoms with Crippen LogP contribution in [0.2, 0.25) is 0 Å². The van der Waals surface area contributed by atoms with Gasteiger partial charge in [0.2, 0.25) is 0 Å². The highest BCUT2D eigenvalue weighted by molar-refractivity contribution is 7.26. The van der Waals surface area contributed by atoms with Crippen LogP contribution in [0.15, 0.2) is 332 Å². The molecule has 6 aromatic heterocycles. The first kappa shape index (κ1) is 57.0. The Bertz CT molecular complexity index is 6640. The number of fused-ring (bicyclic) bond motifs is 13. The van der Waals surface area contributed by atoms with Crippen LogP contribution < -0.4 is 0 Å². The Morgan fingerprint density at radius 1 is 0.240 bits per heavy atom. The number of rotatable bonds is 11. The molecule has 0 unspecified atom stereocenters. The summed E-state index contributed by atoms with van der Waals surface area (Å²) >= 11 is 1.84. The maximum atomic E-state index is 6.45. The Morgan fingerprint density at radius 2 is 0.730 bits per heavy atom. The molecular formula is C90H54N8OS. The number of para-hydroxylation sites is 2. The molecule has 0 N–H and O–H groups in total. The summed E-state index contributed by atoms with van der Waals surface area (Å²) in [4.78, 5) is 31.8. The van der Waals surface area contributed by atoms with Crippen molar-refractivity contribution in [2.24, 2.45) is 0 Å². The van der Waals surface area contributed by atoms with E-state index in [4.69, 9.17) is 34.3 Å². The van der Waals surface area contributed by atoms with E-state index in [1.165, 1.54) is 20.2 Å². The maximum Gasteiger partial charge on any atom is 0.164 e. The van der Waals surface area contributed by atoms with Crippen LogP contribution in [0.4, 0.5) is 0 Å². The van der Waals surface area contributed by atoms with Gasteiger partial charge in [-0.3, -0.25) is 0 Å². The van der Waals surface area contributed by atoms with Crippen molar-refractivity contribution in [2.45, 2.75) is 0 Å². The lowest BCUT2D eigenvalue weighted by molar-refractivity contribution is 0.669. The molecule has 100 heavy (non-hydrogen) atoms. The molecule has 0 saturated heterocycles. The summed E-state index contributed by atoms with van der Waals surface area (Å²) in [5, 5.41) is 9.15. The van der Waals surface area contributed by atoms with Gasteiger partial charge in [-0.05, 0) is 130 Å². The third-order valence-electron chi connectivity index (χ3n) is 19.4. The quantitative estimate of drug-likeness (QED) is 0.127. The molecule has 0 radical (unpaired) electrons. The van der Waals surface area contributed by atoms with Crippen LogP contribution in [0.3, 0.4) is 0 Å². The number of thiophene rings is 1. The molecule has 0 bridgehead atoms. The van der Waals surface area contributed by atoms with Gasteiger partial charge in [-0.1, -0.05) is 231 Å². The average Bonchev–Trinajstić information content (AvgIpc) is 1.56. The zero-order chi connectivity index (χ0) is 65.8. The van der Waals surface area contributed by atoms with Gasteiger partial charge in [-0.15, -0.1) is 11.3 Å². The fraction of sp³-hybridized carbons (Fsp3) is 0. The summed E-state index contributed by atoms with van der Waals surface area (Å²) in [6.07, 6.45) is 0. The van der Waals surface area contributed by atoms with Crippen LogP contribution in [-0.2, 0) is 0 Å². The van der Waals surface area contributed by atoms with Gasteiger partial charge in [0, 0.05) is 92.5 Å². The van der Waals surface area contributed by atoms with Gasteiger partial charge in [0.15, 0.2) is 34.9 Å². The van der Waals surface area contributed by atoms with Gasteiger partial charge in [-0.2, -0.15) is 0 Å². The Labute approximate surface area is 577 Å². The molecule has 14 aromatic carbocycles. The standard InChI is InChI=1S/C90H54N8OS/c1-5-22-55(23-6-1)60-30-19-31-61(48-60)88-92-85(57-26-9-3-10-27-57)91-87(94-88)59-42-44-66(45-43-59)98-77-39-21-37-68(82(77)73-47-46-72-71-36-15-18-41-81(71)100-84(72)83(73)98)64-49-63(56-24-7-2-8-25-56)50-65(51-64)90-95-86(58-28-11-4-12-29-58)93-89(96-90)62-32-20-33-67(52-62)97-76-38-16-13-34-69(76)74-54-80-75(53-78(74)97)70-35-14-17-40-79(70)99-80/h1-54H. The highest BCUT2D eigenvalue weighted by atomic mass is 32.1. The van der Waals surface area contributed by atoms with E-state index in [1.807, 2.05) is 65.9 Å². The van der Waals surface area contributed by atoms with Crippen molar-refractivity contribution >= 4 is 97.1 Å². The van der Waals surface area contributed by atoms with E-state index in [0.29, 0.717) is 34.9 Å². The molecule has 0 spiro atoms. The maximum absolute atomic E-state index is 6.45. The molecule has 0 saturated carbocycles. The van der Waals surface area contributed by atoms with E-state index in [2.05, 4.69) is 282 Å². The van der Waals surface area contributed by atoms with Gasteiger partial charge >= 0.3 is 0 Å². The molecule has 9 nitrogen and oxygen atoms in total. The summed E-state index contributed by atoms with van der Waals surface area (Å²) in [7, 11) is 0. The largest absolute Gasteiger partial charge is 0.456 e.